The van der Waals surface area contributed by atoms with Crippen LogP contribution in [0, 0.1) is 10.1 Å². The van der Waals surface area contributed by atoms with Crippen LogP contribution in [0.4, 0.5) is 5.69 Å². The molecule has 0 aliphatic carbocycles. The highest BCUT2D eigenvalue weighted by atomic mass is 16.6. The molecule has 0 radical (unpaired) electrons. The molecule has 0 fully saturated rings. The van der Waals surface area contributed by atoms with Crippen molar-refractivity contribution in [3.8, 4) is 0 Å². The summed E-state index contributed by atoms with van der Waals surface area (Å²) in [6.07, 6.45) is 0.228. The first-order chi connectivity index (χ1) is 10.5. The number of nitro groups is 1. The van der Waals surface area contributed by atoms with Gasteiger partial charge in [0.15, 0.2) is 0 Å². The van der Waals surface area contributed by atoms with Crippen LogP contribution in [0.25, 0.3) is 0 Å². The Morgan fingerprint density at radius 1 is 1.14 bits per heavy atom. The minimum atomic E-state index is -0.449. The van der Waals surface area contributed by atoms with E-state index in [1.807, 2.05) is 37.3 Å². The Kier molecular flexibility index (Phi) is 4.88. The Morgan fingerprint density at radius 2 is 1.73 bits per heavy atom. The number of hydrogen-bond donors (Lipinski definition) is 0. The smallest absolute Gasteiger partial charge is 0.269 e. The molecule has 0 spiro atoms. The van der Waals surface area contributed by atoms with Gasteiger partial charge in [0.25, 0.3) is 5.69 Å². The first kappa shape index (κ1) is 15.7. The Hall–Kier alpha value is -2.69. The van der Waals surface area contributed by atoms with Crippen molar-refractivity contribution in [2.24, 2.45) is 0 Å². The maximum absolute atomic E-state index is 12.3. The minimum absolute atomic E-state index is 0.0215. The van der Waals surface area contributed by atoms with Crippen molar-refractivity contribution in [2.75, 3.05) is 7.05 Å². The first-order valence-corrected chi connectivity index (χ1v) is 7.03. The van der Waals surface area contributed by atoms with Gasteiger partial charge in [-0.3, -0.25) is 14.9 Å². The second-order valence-electron chi connectivity index (χ2n) is 5.19. The van der Waals surface area contributed by atoms with Gasteiger partial charge < -0.3 is 4.90 Å². The predicted octanol–water partition coefficient (Wildman–Crippen LogP) is 3.36. The number of rotatable bonds is 5. The summed E-state index contributed by atoms with van der Waals surface area (Å²) in [6, 6.07) is 15.9. The van der Waals surface area contributed by atoms with Gasteiger partial charge in [-0.15, -0.1) is 0 Å². The lowest BCUT2D eigenvalue weighted by molar-refractivity contribution is -0.384. The number of non-ortho nitro benzene ring substituents is 1. The lowest BCUT2D eigenvalue weighted by Crippen LogP contribution is -2.30. The van der Waals surface area contributed by atoms with Crippen LogP contribution in [0.1, 0.15) is 24.1 Å². The molecule has 0 saturated carbocycles. The van der Waals surface area contributed by atoms with Gasteiger partial charge in [0.2, 0.25) is 5.91 Å². The summed E-state index contributed by atoms with van der Waals surface area (Å²) in [7, 11) is 1.77. The summed E-state index contributed by atoms with van der Waals surface area (Å²) >= 11 is 0. The molecule has 5 heteroatoms. The fraction of sp³-hybridized carbons (Fsp3) is 0.235. The summed E-state index contributed by atoms with van der Waals surface area (Å²) in [5.41, 5.74) is 1.87. The third kappa shape index (κ3) is 3.69. The molecular weight excluding hydrogens is 280 g/mol. The molecule has 0 aliphatic rings. The zero-order chi connectivity index (χ0) is 16.1. The first-order valence-electron chi connectivity index (χ1n) is 7.03. The molecule has 2 rings (SSSR count). The van der Waals surface area contributed by atoms with E-state index in [9.17, 15) is 14.9 Å². The number of likely N-dealkylation sites (N-methyl/N-ethyl adjacent to an activating group) is 1. The molecule has 0 unspecified atom stereocenters. The van der Waals surface area contributed by atoms with Crippen molar-refractivity contribution in [2.45, 2.75) is 19.4 Å². The largest absolute Gasteiger partial charge is 0.339 e. The minimum Gasteiger partial charge on any atom is -0.339 e. The molecular formula is C17H18N2O3. The van der Waals surface area contributed by atoms with E-state index in [4.69, 9.17) is 0 Å². The van der Waals surface area contributed by atoms with Crippen LogP contribution >= 0.6 is 0 Å². The third-order valence-corrected chi connectivity index (χ3v) is 3.76. The van der Waals surface area contributed by atoms with E-state index in [0.29, 0.717) is 0 Å². The van der Waals surface area contributed by atoms with Crippen molar-refractivity contribution in [1.29, 1.82) is 0 Å². The van der Waals surface area contributed by atoms with Gasteiger partial charge in [-0.1, -0.05) is 42.5 Å². The quantitative estimate of drug-likeness (QED) is 0.628. The van der Waals surface area contributed by atoms with Gasteiger partial charge in [-0.2, -0.15) is 0 Å². The molecule has 114 valence electrons. The Labute approximate surface area is 129 Å². The SMILES string of the molecule is C[C@@H](c1ccccc1)N(C)C(=O)Cc1ccc([N+](=O)[O-])cc1. The van der Waals surface area contributed by atoms with Crippen molar-refractivity contribution < 1.29 is 9.72 Å². The van der Waals surface area contributed by atoms with Crippen LogP contribution < -0.4 is 0 Å². The topological polar surface area (TPSA) is 63.5 Å². The van der Waals surface area contributed by atoms with Crippen molar-refractivity contribution in [1.82, 2.24) is 4.90 Å². The Morgan fingerprint density at radius 3 is 2.27 bits per heavy atom. The molecule has 0 heterocycles. The van der Waals surface area contributed by atoms with Gasteiger partial charge >= 0.3 is 0 Å². The summed E-state index contributed by atoms with van der Waals surface area (Å²) in [4.78, 5) is 24.2. The zero-order valence-corrected chi connectivity index (χ0v) is 12.6. The molecule has 2 aromatic rings. The molecule has 1 amide bonds. The second kappa shape index (κ2) is 6.85. The van der Waals surface area contributed by atoms with E-state index < -0.39 is 4.92 Å². The fourth-order valence-corrected chi connectivity index (χ4v) is 2.21. The molecule has 0 aromatic heterocycles. The van der Waals surface area contributed by atoms with Crippen LogP contribution in [0.15, 0.2) is 54.6 Å². The average Bonchev–Trinajstić information content (AvgIpc) is 2.54. The van der Waals surface area contributed by atoms with E-state index >= 15 is 0 Å². The predicted molar refractivity (Wildman–Crippen MR) is 84.4 cm³/mol. The van der Waals surface area contributed by atoms with Crippen LogP contribution in [0.5, 0.6) is 0 Å². The standard InChI is InChI=1S/C17H18N2O3/c1-13(15-6-4-3-5-7-15)18(2)17(20)12-14-8-10-16(11-9-14)19(21)22/h3-11,13H,12H2,1-2H3/t13-/m0/s1. The van der Waals surface area contributed by atoms with Crippen molar-refractivity contribution in [3.63, 3.8) is 0 Å². The maximum atomic E-state index is 12.3. The van der Waals surface area contributed by atoms with Gasteiger partial charge in [-0.05, 0) is 18.1 Å². The Bertz CT molecular complexity index is 653. The molecule has 2 aromatic carbocycles. The lowest BCUT2D eigenvalue weighted by Gasteiger charge is -2.25. The lowest BCUT2D eigenvalue weighted by atomic mass is 10.1. The molecule has 0 bridgehead atoms. The number of nitrogens with zero attached hydrogens (tertiary/aromatic N) is 2. The molecule has 0 aliphatic heterocycles. The summed E-state index contributed by atoms with van der Waals surface area (Å²) in [5, 5.41) is 10.6. The van der Waals surface area contributed by atoms with Gasteiger partial charge in [-0.25, -0.2) is 0 Å². The van der Waals surface area contributed by atoms with E-state index in [1.165, 1.54) is 12.1 Å². The molecule has 5 nitrogen and oxygen atoms in total. The van der Waals surface area contributed by atoms with Crippen molar-refractivity contribution >= 4 is 11.6 Å². The van der Waals surface area contributed by atoms with E-state index in [0.717, 1.165) is 11.1 Å². The van der Waals surface area contributed by atoms with Gasteiger partial charge in [0.05, 0.1) is 17.4 Å². The van der Waals surface area contributed by atoms with Crippen LogP contribution in [0.3, 0.4) is 0 Å². The molecule has 0 N–H and O–H groups in total. The monoisotopic (exact) mass is 298 g/mol. The van der Waals surface area contributed by atoms with E-state index in [2.05, 4.69) is 0 Å². The summed E-state index contributed by atoms with van der Waals surface area (Å²) < 4.78 is 0. The summed E-state index contributed by atoms with van der Waals surface area (Å²) in [5.74, 6) is -0.0230. The van der Waals surface area contributed by atoms with E-state index in [1.54, 1.807) is 24.1 Å². The second-order valence-corrected chi connectivity index (χ2v) is 5.19. The number of carbonyl (C=O) groups is 1. The number of benzene rings is 2. The Balaban J connectivity index is 2.03. The maximum Gasteiger partial charge on any atom is 0.269 e. The average molecular weight is 298 g/mol. The zero-order valence-electron chi connectivity index (χ0n) is 12.6. The van der Waals surface area contributed by atoms with Crippen LogP contribution in [0.2, 0.25) is 0 Å². The summed E-state index contributed by atoms with van der Waals surface area (Å²) in [6.45, 7) is 1.98. The number of carbonyl (C=O) groups excluding carboxylic acids is 1. The highest BCUT2D eigenvalue weighted by Gasteiger charge is 2.17. The number of nitro benzene ring substituents is 1. The van der Waals surface area contributed by atoms with Crippen LogP contribution in [-0.4, -0.2) is 22.8 Å². The number of hydrogen-bond acceptors (Lipinski definition) is 3. The molecule has 0 saturated heterocycles. The highest BCUT2D eigenvalue weighted by Crippen LogP contribution is 2.19. The highest BCUT2D eigenvalue weighted by molar-refractivity contribution is 5.79. The molecule has 22 heavy (non-hydrogen) atoms. The molecule has 1 atom stereocenters. The third-order valence-electron chi connectivity index (χ3n) is 3.76. The van der Waals surface area contributed by atoms with Gasteiger partial charge in [0.1, 0.15) is 0 Å². The normalized spacial score (nSPS) is 11.7. The van der Waals surface area contributed by atoms with Gasteiger partial charge in [0, 0.05) is 19.2 Å². The van der Waals surface area contributed by atoms with E-state index in [-0.39, 0.29) is 24.1 Å². The van der Waals surface area contributed by atoms with Crippen molar-refractivity contribution in [3.05, 3.63) is 75.8 Å². The fourth-order valence-electron chi connectivity index (χ4n) is 2.21. The van der Waals surface area contributed by atoms with Crippen LogP contribution in [-0.2, 0) is 11.2 Å². The number of amides is 1.